The zero-order valence-corrected chi connectivity index (χ0v) is 10.9. The van der Waals surface area contributed by atoms with Crippen molar-refractivity contribution in [2.24, 2.45) is 0 Å². The van der Waals surface area contributed by atoms with Crippen molar-refractivity contribution in [2.45, 2.75) is 12.6 Å². The molecule has 4 N–H and O–H groups in total. The molecule has 1 fully saturated rings. The number of hydrogen-bond acceptors (Lipinski definition) is 5. The normalized spacial score (nSPS) is 27.7. The van der Waals surface area contributed by atoms with Crippen LogP contribution in [0.4, 0.5) is 5.82 Å². The third-order valence-corrected chi connectivity index (χ3v) is 4.00. The Bertz CT molecular complexity index is 646. The maximum Gasteiger partial charge on any atom is 0.353 e. The van der Waals surface area contributed by atoms with Gasteiger partial charge in [0, 0.05) is 12.3 Å². The quantitative estimate of drug-likeness (QED) is 0.528. The van der Waals surface area contributed by atoms with Crippen LogP contribution in [0, 0.1) is 0 Å². The fraction of sp³-hybridized carbons (Fsp3) is 0.400. The molecule has 0 amide bonds. The number of rotatable bonds is 2. The van der Waals surface area contributed by atoms with Crippen molar-refractivity contribution >= 4 is 24.4 Å². The molecule has 2 aromatic heterocycles. The molecule has 2 atom stereocenters. The van der Waals surface area contributed by atoms with E-state index in [0.29, 0.717) is 12.4 Å². The van der Waals surface area contributed by atoms with Crippen molar-refractivity contribution in [1.82, 2.24) is 9.97 Å². The predicted octanol–water partition coefficient (Wildman–Crippen LogP) is -0.00910. The van der Waals surface area contributed by atoms with Gasteiger partial charge in [-0.2, -0.15) is 0 Å². The Labute approximate surface area is 108 Å². The summed E-state index contributed by atoms with van der Waals surface area (Å²) < 4.78 is 23.3. The number of ether oxygens (including phenoxy) is 1. The Balaban J connectivity index is 1.79. The zero-order chi connectivity index (χ0) is 13.5. The van der Waals surface area contributed by atoms with Crippen LogP contribution in [0.15, 0.2) is 18.6 Å². The number of imidazole rings is 1. The number of aromatic amines is 1. The summed E-state index contributed by atoms with van der Waals surface area (Å²) in [6.45, 7) is 0.595. The van der Waals surface area contributed by atoms with Gasteiger partial charge in [-0.15, -0.1) is 0 Å². The van der Waals surface area contributed by atoms with Crippen molar-refractivity contribution in [3.8, 4) is 0 Å². The minimum Gasteiger partial charge on any atom is -0.380 e. The molecule has 9 heteroatoms. The average Bonchev–Trinajstić information content (AvgIpc) is 2.77. The summed E-state index contributed by atoms with van der Waals surface area (Å²) in [5.74, 6) is 0.428. The van der Waals surface area contributed by atoms with Crippen LogP contribution in [-0.4, -0.2) is 33.9 Å². The molecule has 0 saturated carbocycles. The topological polar surface area (TPSA) is 114 Å². The van der Waals surface area contributed by atoms with Gasteiger partial charge in [-0.25, -0.2) is 14.5 Å². The number of hydrogen-bond donors (Lipinski definition) is 3. The van der Waals surface area contributed by atoms with Gasteiger partial charge in [0.15, 0.2) is 11.3 Å². The lowest BCUT2D eigenvalue weighted by molar-refractivity contribution is -0.679. The van der Waals surface area contributed by atoms with E-state index in [1.807, 2.05) is 10.6 Å². The third-order valence-electron chi connectivity index (χ3n) is 2.97. The van der Waals surface area contributed by atoms with Crippen LogP contribution >= 0.6 is 7.60 Å². The molecule has 2 unspecified atom stereocenters. The van der Waals surface area contributed by atoms with E-state index in [4.69, 9.17) is 15.0 Å². The van der Waals surface area contributed by atoms with Gasteiger partial charge in [-0.05, 0) is 0 Å². The highest BCUT2D eigenvalue weighted by molar-refractivity contribution is 7.52. The molecule has 3 rings (SSSR count). The van der Waals surface area contributed by atoms with E-state index in [9.17, 15) is 9.46 Å². The van der Waals surface area contributed by atoms with Crippen molar-refractivity contribution < 1.29 is 23.3 Å². The molecule has 19 heavy (non-hydrogen) atoms. The maximum atomic E-state index is 11.2. The highest BCUT2D eigenvalue weighted by Crippen LogP contribution is 2.44. The van der Waals surface area contributed by atoms with Gasteiger partial charge in [0.25, 0.3) is 0 Å². The molecular weight excluding hydrogens is 271 g/mol. The van der Waals surface area contributed by atoms with Crippen LogP contribution in [0.2, 0.25) is 0 Å². The van der Waals surface area contributed by atoms with Gasteiger partial charge < -0.3 is 19.9 Å². The number of nitrogens with two attached hydrogens (primary N) is 1. The number of H-pyrrole nitrogens is 1. The number of anilines is 1. The third kappa shape index (κ3) is 2.48. The molecule has 2 aromatic rings. The minimum absolute atomic E-state index is 0.0913. The molecule has 102 valence electrons. The standard InChI is InChI=1S/C10H13N4O4P/c11-10-9-8(1-2-12-10)14(5-13-9)3-7-4-18-19(15,16)6-17-7/h1-2,5,7H,3-4,6H2,(H3,11,12,15,16)/p+1. The van der Waals surface area contributed by atoms with E-state index in [2.05, 4.69) is 9.97 Å². The summed E-state index contributed by atoms with van der Waals surface area (Å²) in [6, 6.07) is 1.84. The molecule has 0 bridgehead atoms. The summed E-state index contributed by atoms with van der Waals surface area (Å²) in [5.41, 5.74) is 7.41. The first-order valence-corrected chi connectivity index (χ1v) is 7.50. The van der Waals surface area contributed by atoms with Crippen LogP contribution < -0.4 is 10.3 Å². The van der Waals surface area contributed by atoms with E-state index in [1.54, 1.807) is 12.5 Å². The highest BCUT2D eigenvalue weighted by Gasteiger charge is 2.31. The van der Waals surface area contributed by atoms with Gasteiger partial charge in [-0.3, -0.25) is 4.57 Å². The Hall–Kier alpha value is -1.47. The van der Waals surface area contributed by atoms with Gasteiger partial charge in [-0.1, -0.05) is 0 Å². The number of pyridine rings is 1. The Kier molecular flexibility index (Phi) is 3.02. The molecule has 0 spiro atoms. The summed E-state index contributed by atoms with van der Waals surface area (Å²) in [7, 11) is -3.54. The van der Waals surface area contributed by atoms with Crippen LogP contribution in [0.5, 0.6) is 0 Å². The van der Waals surface area contributed by atoms with E-state index in [0.717, 1.165) is 11.0 Å². The van der Waals surface area contributed by atoms with Gasteiger partial charge in [0.1, 0.15) is 19.0 Å². The van der Waals surface area contributed by atoms with Gasteiger partial charge in [0.05, 0.1) is 6.61 Å². The lowest BCUT2D eigenvalue weighted by Crippen LogP contribution is -2.43. The van der Waals surface area contributed by atoms with Crippen LogP contribution in [0.1, 0.15) is 0 Å². The number of nitrogen functional groups attached to an aromatic ring is 1. The lowest BCUT2D eigenvalue weighted by atomic mass is 10.3. The van der Waals surface area contributed by atoms with Crippen molar-refractivity contribution in [3.63, 3.8) is 0 Å². The van der Waals surface area contributed by atoms with Gasteiger partial charge >= 0.3 is 7.60 Å². The highest BCUT2D eigenvalue weighted by atomic mass is 31.2. The van der Waals surface area contributed by atoms with E-state index < -0.39 is 7.60 Å². The number of fused-ring (bicyclic) bond motifs is 1. The smallest absolute Gasteiger partial charge is 0.353 e. The second kappa shape index (κ2) is 4.57. The Morgan fingerprint density at radius 3 is 3.26 bits per heavy atom. The van der Waals surface area contributed by atoms with Crippen molar-refractivity contribution in [3.05, 3.63) is 18.6 Å². The number of aromatic nitrogens is 3. The molecule has 0 radical (unpaired) electrons. The van der Waals surface area contributed by atoms with Crippen LogP contribution in [0.25, 0.3) is 11.0 Å². The first kappa shape index (κ1) is 12.6. The lowest BCUT2D eigenvalue weighted by Gasteiger charge is -2.24. The summed E-state index contributed by atoms with van der Waals surface area (Å²) in [6.07, 6.45) is 2.85. The fourth-order valence-corrected chi connectivity index (χ4v) is 2.90. The monoisotopic (exact) mass is 285 g/mol. The second-order valence-electron chi connectivity index (χ2n) is 4.37. The largest absolute Gasteiger partial charge is 0.380 e. The summed E-state index contributed by atoms with van der Waals surface area (Å²) in [5, 5.41) is 0. The van der Waals surface area contributed by atoms with E-state index >= 15 is 0 Å². The van der Waals surface area contributed by atoms with Crippen molar-refractivity contribution in [1.29, 1.82) is 0 Å². The molecule has 3 heterocycles. The molecule has 1 aliphatic heterocycles. The first-order valence-electron chi connectivity index (χ1n) is 5.74. The predicted molar refractivity (Wildman–Crippen MR) is 66.2 cm³/mol. The van der Waals surface area contributed by atoms with E-state index in [-0.39, 0.29) is 19.1 Å². The number of nitrogens with zero attached hydrogens (tertiary/aromatic N) is 2. The molecule has 1 saturated heterocycles. The van der Waals surface area contributed by atoms with E-state index in [1.165, 1.54) is 0 Å². The minimum atomic E-state index is -3.54. The molecule has 0 aromatic carbocycles. The molecule has 8 nitrogen and oxygen atoms in total. The fourth-order valence-electron chi connectivity index (χ4n) is 2.03. The molecular formula is C10H14N4O4P+. The molecule has 1 aliphatic rings. The zero-order valence-electron chi connectivity index (χ0n) is 10.0. The second-order valence-corrected chi connectivity index (χ2v) is 6.16. The summed E-state index contributed by atoms with van der Waals surface area (Å²) >= 11 is 0. The maximum absolute atomic E-state index is 11.2. The molecule has 0 aliphatic carbocycles. The van der Waals surface area contributed by atoms with Gasteiger partial charge in [0.2, 0.25) is 11.8 Å². The van der Waals surface area contributed by atoms with Crippen LogP contribution in [-0.2, 0) is 20.4 Å². The first-order chi connectivity index (χ1) is 9.05. The average molecular weight is 285 g/mol. The van der Waals surface area contributed by atoms with Crippen molar-refractivity contribution in [2.75, 3.05) is 18.7 Å². The Morgan fingerprint density at radius 1 is 1.68 bits per heavy atom. The Morgan fingerprint density at radius 2 is 2.53 bits per heavy atom. The number of nitrogens with one attached hydrogen (secondary N) is 1. The van der Waals surface area contributed by atoms with Crippen LogP contribution in [0.3, 0.4) is 0 Å². The summed E-state index contributed by atoms with van der Waals surface area (Å²) in [4.78, 5) is 16.2. The SMILES string of the molecule is Nc1nccc2c1[nH]c[n+]2CC1COP(=O)(O)CO1.